The molecule has 2 aromatic rings. The van der Waals surface area contributed by atoms with E-state index in [-0.39, 0.29) is 0 Å². The Morgan fingerprint density at radius 1 is 1.20 bits per heavy atom. The van der Waals surface area contributed by atoms with E-state index in [1.54, 1.807) is 0 Å². The third-order valence-corrected chi connectivity index (χ3v) is 4.27. The Bertz CT molecular complexity index is 637. The number of aryl methyl sites for hydroxylation is 2. The summed E-state index contributed by atoms with van der Waals surface area (Å²) in [6, 6.07) is 12.8. The molecule has 2 N–H and O–H groups in total. The van der Waals surface area contributed by atoms with Crippen molar-refractivity contribution in [2.24, 2.45) is 5.73 Å². The van der Waals surface area contributed by atoms with E-state index in [0.717, 1.165) is 29.2 Å². The number of hydrogen-bond donors (Lipinski definition) is 1. The lowest BCUT2D eigenvalue weighted by molar-refractivity contribution is 0.766. The topological polar surface area (TPSA) is 29.3 Å². The molecule has 0 radical (unpaired) electrons. The molecule has 0 unspecified atom stereocenters. The number of nitrogens with two attached hydrogens (primary N) is 1. The van der Waals surface area contributed by atoms with Crippen LogP contribution in [0.4, 0.5) is 11.4 Å². The van der Waals surface area contributed by atoms with E-state index in [1.165, 1.54) is 23.2 Å². The van der Waals surface area contributed by atoms with E-state index in [2.05, 4.69) is 36.1 Å². The van der Waals surface area contributed by atoms with Crippen LogP contribution in [0.2, 0.25) is 5.02 Å². The lowest BCUT2D eigenvalue weighted by Crippen LogP contribution is -2.24. The molecule has 2 nitrogen and oxygen atoms in total. The number of anilines is 2. The van der Waals surface area contributed by atoms with Crippen molar-refractivity contribution in [2.45, 2.75) is 26.3 Å². The van der Waals surface area contributed by atoms with Crippen LogP contribution >= 0.6 is 11.6 Å². The predicted molar refractivity (Wildman–Crippen MR) is 85.8 cm³/mol. The highest BCUT2D eigenvalue weighted by Crippen LogP contribution is 2.35. The highest BCUT2D eigenvalue weighted by Gasteiger charge is 2.18. The number of fused-ring (bicyclic) bond motifs is 1. The highest BCUT2D eigenvalue weighted by atomic mass is 35.5. The van der Waals surface area contributed by atoms with E-state index in [0.29, 0.717) is 6.54 Å². The standard InChI is InChI=1S/C17H19ClN2/c1-12-4-7-17-13(9-12)3-2-8-20(17)15-6-5-14(11-19)16(18)10-15/h4-7,9-10H,2-3,8,11,19H2,1H3. The quantitative estimate of drug-likeness (QED) is 0.897. The summed E-state index contributed by atoms with van der Waals surface area (Å²) in [5.41, 5.74) is 11.9. The summed E-state index contributed by atoms with van der Waals surface area (Å²) >= 11 is 6.29. The van der Waals surface area contributed by atoms with Crippen LogP contribution in [0.1, 0.15) is 23.1 Å². The maximum Gasteiger partial charge on any atom is 0.0471 e. The van der Waals surface area contributed by atoms with Gasteiger partial charge in [0.05, 0.1) is 0 Å². The maximum absolute atomic E-state index is 6.29. The summed E-state index contributed by atoms with van der Waals surface area (Å²) in [6.07, 6.45) is 2.33. The van der Waals surface area contributed by atoms with Gasteiger partial charge >= 0.3 is 0 Å². The number of benzene rings is 2. The number of hydrogen-bond acceptors (Lipinski definition) is 2. The predicted octanol–water partition coefficient (Wildman–Crippen LogP) is 4.19. The Morgan fingerprint density at radius 3 is 2.80 bits per heavy atom. The van der Waals surface area contributed by atoms with Crippen molar-refractivity contribution in [1.82, 2.24) is 0 Å². The van der Waals surface area contributed by atoms with E-state index in [9.17, 15) is 0 Å². The fourth-order valence-electron chi connectivity index (χ4n) is 2.86. The average Bonchev–Trinajstić information content (AvgIpc) is 2.46. The van der Waals surface area contributed by atoms with Crippen molar-refractivity contribution in [1.29, 1.82) is 0 Å². The highest BCUT2D eigenvalue weighted by molar-refractivity contribution is 6.31. The van der Waals surface area contributed by atoms with Gasteiger partial charge in [0.1, 0.15) is 0 Å². The summed E-state index contributed by atoms with van der Waals surface area (Å²) in [6.45, 7) is 3.66. The maximum atomic E-state index is 6.29. The van der Waals surface area contributed by atoms with Gasteiger partial charge in [-0.05, 0) is 49.1 Å². The molecule has 0 saturated heterocycles. The molecule has 1 aliphatic rings. The van der Waals surface area contributed by atoms with Crippen LogP contribution in [0, 0.1) is 6.92 Å². The normalized spacial score (nSPS) is 14.2. The van der Waals surface area contributed by atoms with Gasteiger partial charge in [-0.1, -0.05) is 35.4 Å². The Balaban J connectivity index is 2.02. The molecule has 2 aromatic carbocycles. The zero-order valence-corrected chi connectivity index (χ0v) is 12.5. The van der Waals surface area contributed by atoms with Crippen LogP contribution in [0.5, 0.6) is 0 Å². The molecular formula is C17H19ClN2. The Kier molecular flexibility index (Phi) is 3.68. The van der Waals surface area contributed by atoms with E-state index < -0.39 is 0 Å². The van der Waals surface area contributed by atoms with Crippen molar-refractivity contribution < 1.29 is 0 Å². The summed E-state index contributed by atoms with van der Waals surface area (Å²) in [4.78, 5) is 2.35. The van der Waals surface area contributed by atoms with Gasteiger partial charge in [-0.15, -0.1) is 0 Å². The molecule has 20 heavy (non-hydrogen) atoms. The summed E-state index contributed by atoms with van der Waals surface area (Å²) in [5, 5.41) is 0.754. The zero-order valence-electron chi connectivity index (χ0n) is 11.7. The van der Waals surface area contributed by atoms with Gasteiger partial charge < -0.3 is 10.6 Å². The second-order valence-electron chi connectivity index (χ2n) is 5.37. The number of rotatable bonds is 2. The Morgan fingerprint density at radius 2 is 2.05 bits per heavy atom. The largest absolute Gasteiger partial charge is 0.341 e. The molecule has 0 aliphatic carbocycles. The molecule has 3 heteroatoms. The van der Waals surface area contributed by atoms with Crippen molar-refractivity contribution in [3.05, 3.63) is 58.1 Å². The first-order valence-electron chi connectivity index (χ1n) is 7.04. The van der Waals surface area contributed by atoms with Crippen molar-refractivity contribution in [2.75, 3.05) is 11.4 Å². The van der Waals surface area contributed by atoms with E-state index in [4.69, 9.17) is 17.3 Å². The molecule has 0 fully saturated rings. The number of nitrogens with zero attached hydrogens (tertiary/aromatic N) is 1. The number of halogens is 1. The average molecular weight is 287 g/mol. The second kappa shape index (κ2) is 5.47. The first-order valence-corrected chi connectivity index (χ1v) is 7.42. The molecule has 0 bridgehead atoms. The lowest BCUT2D eigenvalue weighted by Gasteiger charge is -2.32. The fourth-order valence-corrected chi connectivity index (χ4v) is 3.12. The molecule has 1 heterocycles. The minimum Gasteiger partial charge on any atom is -0.341 e. The third-order valence-electron chi connectivity index (χ3n) is 3.92. The summed E-state index contributed by atoms with van der Waals surface area (Å²) in [7, 11) is 0. The molecule has 0 aromatic heterocycles. The zero-order chi connectivity index (χ0) is 14.1. The SMILES string of the molecule is Cc1ccc2c(c1)CCCN2c1ccc(CN)c(Cl)c1. The van der Waals surface area contributed by atoms with Gasteiger partial charge in [0.15, 0.2) is 0 Å². The van der Waals surface area contributed by atoms with Gasteiger partial charge in [0, 0.05) is 29.5 Å². The fraction of sp³-hybridized carbons (Fsp3) is 0.294. The van der Waals surface area contributed by atoms with Crippen LogP contribution in [0.15, 0.2) is 36.4 Å². The van der Waals surface area contributed by atoms with Crippen LogP contribution in [0.3, 0.4) is 0 Å². The Hall–Kier alpha value is -1.51. The second-order valence-corrected chi connectivity index (χ2v) is 5.77. The first-order chi connectivity index (χ1) is 9.69. The van der Waals surface area contributed by atoms with Gasteiger partial charge in [-0.3, -0.25) is 0 Å². The van der Waals surface area contributed by atoms with E-state index in [1.807, 2.05) is 12.1 Å². The molecular weight excluding hydrogens is 268 g/mol. The molecule has 0 spiro atoms. The van der Waals surface area contributed by atoms with Crippen molar-refractivity contribution >= 4 is 23.0 Å². The smallest absolute Gasteiger partial charge is 0.0471 e. The molecule has 1 aliphatic heterocycles. The van der Waals surface area contributed by atoms with Gasteiger partial charge in [0.2, 0.25) is 0 Å². The third kappa shape index (κ3) is 2.41. The molecule has 0 atom stereocenters. The van der Waals surface area contributed by atoms with E-state index >= 15 is 0 Å². The summed E-state index contributed by atoms with van der Waals surface area (Å²) < 4.78 is 0. The Labute approximate surface area is 125 Å². The van der Waals surface area contributed by atoms with Crippen LogP contribution < -0.4 is 10.6 Å². The van der Waals surface area contributed by atoms with Crippen molar-refractivity contribution in [3.63, 3.8) is 0 Å². The molecule has 104 valence electrons. The minimum atomic E-state index is 0.481. The van der Waals surface area contributed by atoms with Gasteiger partial charge in [-0.25, -0.2) is 0 Å². The molecule has 0 amide bonds. The first kappa shape index (κ1) is 13.5. The van der Waals surface area contributed by atoms with Crippen molar-refractivity contribution in [3.8, 4) is 0 Å². The van der Waals surface area contributed by atoms with Crippen LogP contribution in [-0.4, -0.2) is 6.54 Å². The monoisotopic (exact) mass is 286 g/mol. The molecule has 3 rings (SSSR count). The van der Waals surface area contributed by atoms with Crippen LogP contribution in [-0.2, 0) is 13.0 Å². The van der Waals surface area contributed by atoms with Gasteiger partial charge in [0.25, 0.3) is 0 Å². The van der Waals surface area contributed by atoms with Crippen LogP contribution in [0.25, 0.3) is 0 Å². The molecule has 0 saturated carbocycles. The van der Waals surface area contributed by atoms with Gasteiger partial charge in [-0.2, -0.15) is 0 Å². The summed E-state index contributed by atoms with van der Waals surface area (Å²) in [5.74, 6) is 0. The minimum absolute atomic E-state index is 0.481. The lowest BCUT2D eigenvalue weighted by atomic mass is 9.99.